The molecule has 1 aromatic rings. The van der Waals surface area contributed by atoms with Gasteiger partial charge in [0.15, 0.2) is 0 Å². The van der Waals surface area contributed by atoms with Gasteiger partial charge >= 0.3 is 0 Å². The van der Waals surface area contributed by atoms with Crippen LogP contribution in [0.1, 0.15) is 12.5 Å². The van der Waals surface area contributed by atoms with Crippen LogP contribution < -0.4 is 5.11 Å². The minimum atomic E-state index is -0.298. The second-order valence-electron chi connectivity index (χ2n) is 3.70. The van der Waals surface area contributed by atoms with E-state index in [4.69, 9.17) is 0 Å². The highest BCUT2D eigenvalue weighted by Gasteiger charge is 2.15. The number of benzene rings is 1. The Bertz CT molecular complexity index is 315. The summed E-state index contributed by atoms with van der Waals surface area (Å²) in [6.07, 6.45) is 5.32. The molecule has 1 rings (SSSR count). The van der Waals surface area contributed by atoms with Gasteiger partial charge in [-0.25, -0.2) is 0 Å². The van der Waals surface area contributed by atoms with Crippen molar-refractivity contribution in [3.05, 3.63) is 23.8 Å². The van der Waals surface area contributed by atoms with Crippen LogP contribution in [0.3, 0.4) is 0 Å². The van der Waals surface area contributed by atoms with Crippen molar-refractivity contribution in [1.29, 1.82) is 0 Å². The number of phenols is 1. The normalized spacial score (nSPS) is 12.3. The Morgan fingerprint density at radius 1 is 1.40 bits per heavy atom. The van der Waals surface area contributed by atoms with Crippen molar-refractivity contribution in [3.63, 3.8) is 0 Å². The molecule has 2 nitrogen and oxygen atoms in total. The number of aromatic hydroxyl groups is 1. The Kier molecular flexibility index (Phi) is 6.43. The zero-order valence-corrected chi connectivity index (χ0v) is 12.3. The first-order valence-electron chi connectivity index (χ1n) is 4.56. The smallest absolute Gasteiger partial charge is 0.118 e. The summed E-state index contributed by atoms with van der Waals surface area (Å²) >= 11 is 0. The predicted octanol–water partition coefficient (Wildman–Crippen LogP) is 1.89. The van der Waals surface area contributed by atoms with Crippen molar-refractivity contribution in [1.82, 2.24) is 0 Å². The van der Waals surface area contributed by atoms with Crippen LogP contribution in [-0.2, 0) is 17.3 Å². The van der Waals surface area contributed by atoms with Crippen LogP contribution in [0.25, 0.3) is 0 Å². The summed E-state index contributed by atoms with van der Waals surface area (Å²) in [5.41, 5.74) is 1.04. The Labute approximate surface area is 111 Å². The maximum atomic E-state index is 10.9. The molecule has 0 saturated carbocycles. The highest BCUT2D eigenvalue weighted by molar-refractivity contribution is 14.0. The lowest BCUT2D eigenvalue weighted by Gasteiger charge is -2.12. The van der Waals surface area contributed by atoms with E-state index in [-0.39, 0.29) is 35.5 Å². The minimum Gasteiger partial charge on any atom is -0.870 e. The molecule has 0 spiro atoms. The number of hydrogen-bond acceptors (Lipinski definition) is 2. The van der Waals surface area contributed by atoms with Gasteiger partial charge in [-0.1, -0.05) is 17.9 Å². The quantitative estimate of drug-likeness (QED) is 0.675. The van der Waals surface area contributed by atoms with Crippen molar-refractivity contribution in [2.24, 2.45) is 0 Å². The largest absolute Gasteiger partial charge is 0.870 e. The molecule has 0 heterocycles. The average Bonchev–Trinajstić information content (AvgIpc) is 2.11. The molecular weight excluding hydrogens is 323 g/mol. The summed E-state index contributed by atoms with van der Waals surface area (Å²) in [6, 6.07) is 4.80. The van der Waals surface area contributed by atoms with Crippen LogP contribution in [0.2, 0.25) is 0 Å². The lowest BCUT2D eigenvalue weighted by atomic mass is 10.1. The number of hydrogen-bond donors (Lipinski definition) is 1. The van der Waals surface area contributed by atoms with E-state index >= 15 is 0 Å². The Morgan fingerprint density at radius 3 is 2.47 bits per heavy atom. The van der Waals surface area contributed by atoms with Crippen molar-refractivity contribution in [2.75, 3.05) is 12.5 Å². The summed E-state index contributed by atoms with van der Waals surface area (Å²) in [5, 5.41) is 20.8. The van der Waals surface area contributed by atoms with Crippen LogP contribution >= 0.6 is 24.0 Å². The second-order valence-corrected chi connectivity index (χ2v) is 6.26. The van der Waals surface area contributed by atoms with E-state index in [2.05, 4.69) is 19.4 Å². The molecule has 1 unspecified atom stereocenters. The highest BCUT2D eigenvalue weighted by Crippen LogP contribution is 2.23. The fourth-order valence-electron chi connectivity index (χ4n) is 1.19. The van der Waals surface area contributed by atoms with Gasteiger partial charge in [-0.15, -0.1) is 24.0 Å². The Balaban J connectivity index is 0.00000196. The van der Waals surface area contributed by atoms with Gasteiger partial charge in [-0.2, -0.15) is 0 Å². The predicted molar refractivity (Wildman–Crippen MR) is 75.3 cm³/mol. The molecule has 0 aliphatic rings. The van der Waals surface area contributed by atoms with E-state index in [1.54, 1.807) is 12.1 Å². The number of phenolic OH excluding ortho intramolecular Hbond substituents is 1. The maximum absolute atomic E-state index is 10.9. The zero-order valence-electron chi connectivity index (χ0n) is 9.19. The van der Waals surface area contributed by atoms with Crippen LogP contribution in [0.15, 0.2) is 18.2 Å². The summed E-state index contributed by atoms with van der Waals surface area (Å²) < 4.78 is 0. The Morgan fingerprint density at radius 2 is 2.00 bits per heavy atom. The molecule has 0 amide bonds. The minimum absolute atomic E-state index is 0. The molecule has 1 aromatic carbocycles. The van der Waals surface area contributed by atoms with Gasteiger partial charge in [0.2, 0.25) is 0 Å². The molecule has 0 radical (unpaired) electrons. The topological polar surface area (TPSA) is 43.3 Å². The van der Waals surface area contributed by atoms with E-state index in [0.29, 0.717) is 16.1 Å². The van der Waals surface area contributed by atoms with Gasteiger partial charge in [0.25, 0.3) is 0 Å². The van der Waals surface area contributed by atoms with Crippen molar-refractivity contribution >= 4 is 34.9 Å². The average molecular weight is 340 g/mol. The van der Waals surface area contributed by atoms with Gasteiger partial charge in [0.05, 0.1) is 12.5 Å². The first kappa shape index (κ1) is 14.9. The van der Waals surface area contributed by atoms with Crippen molar-refractivity contribution < 1.29 is 10.2 Å². The molecule has 0 bridgehead atoms. The molecule has 4 heteroatoms. The SMILES string of the molecule is CC(Cc1ccc([O-])c(O)c1)[S+](C)C.I. The van der Waals surface area contributed by atoms with Crippen LogP contribution in [0.4, 0.5) is 0 Å². The summed E-state index contributed by atoms with van der Waals surface area (Å²) in [5.74, 6) is -0.435. The van der Waals surface area contributed by atoms with Gasteiger partial charge < -0.3 is 10.2 Å². The standard InChI is InChI=1S/C11H16O2S.HI/c1-8(14(2)3)6-9-4-5-10(12)11(13)7-9;/h4-5,7-8H,6H2,1-3H3,(H-,12,13);1H. The number of halogens is 1. The third kappa shape index (κ3) is 4.51. The van der Waals surface area contributed by atoms with Gasteiger partial charge in [-0.05, 0) is 29.4 Å². The fraction of sp³-hybridized carbons (Fsp3) is 0.455. The summed E-state index contributed by atoms with van der Waals surface area (Å²) in [7, 11) is 0.367. The highest BCUT2D eigenvalue weighted by atomic mass is 127. The first-order valence-corrected chi connectivity index (χ1v) is 6.66. The molecule has 86 valence electrons. The summed E-state index contributed by atoms with van der Waals surface area (Å²) in [4.78, 5) is 0. The molecule has 0 aliphatic heterocycles. The second kappa shape index (κ2) is 6.48. The van der Waals surface area contributed by atoms with E-state index in [0.717, 1.165) is 12.0 Å². The molecule has 0 fully saturated rings. The Hall–Kier alpha value is -0.100. The van der Waals surface area contributed by atoms with Crippen LogP contribution in [0, 0.1) is 0 Å². The lowest BCUT2D eigenvalue weighted by Crippen LogP contribution is -2.17. The van der Waals surface area contributed by atoms with Gasteiger partial charge in [0.1, 0.15) is 11.0 Å². The number of rotatable bonds is 3. The molecule has 0 saturated heterocycles. The third-order valence-corrected chi connectivity index (χ3v) is 4.13. The molecule has 0 aromatic heterocycles. The first-order chi connectivity index (χ1) is 6.50. The van der Waals surface area contributed by atoms with Gasteiger partial charge in [0, 0.05) is 6.42 Å². The van der Waals surface area contributed by atoms with E-state index in [1.807, 2.05) is 0 Å². The van der Waals surface area contributed by atoms with E-state index in [9.17, 15) is 10.2 Å². The molecule has 1 atom stereocenters. The van der Waals surface area contributed by atoms with Gasteiger partial charge in [-0.3, -0.25) is 0 Å². The fourth-order valence-corrected chi connectivity index (χ4v) is 1.71. The summed E-state index contributed by atoms with van der Waals surface area (Å²) in [6.45, 7) is 2.19. The lowest BCUT2D eigenvalue weighted by molar-refractivity contribution is -0.270. The van der Waals surface area contributed by atoms with Crippen LogP contribution in [0.5, 0.6) is 11.5 Å². The molecule has 0 aliphatic carbocycles. The van der Waals surface area contributed by atoms with Crippen molar-refractivity contribution in [2.45, 2.75) is 18.6 Å². The maximum Gasteiger partial charge on any atom is 0.118 e. The molecule has 1 N–H and O–H groups in total. The third-order valence-electron chi connectivity index (χ3n) is 2.35. The zero-order chi connectivity index (χ0) is 10.7. The molecular formula is C11H17IO2S. The van der Waals surface area contributed by atoms with E-state index in [1.165, 1.54) is 6.07 Å². The molecule has 15 heavy (non-hydrogen) atoms. The van der Waals surface area contributed by atoms with Crippen molar-refractivity contribution in [3.8, 4) is 11.5 Å². The monoisotopic (exact) mass is 340 g/mol. The van der Waals surface area contributed by atoms with Crippen LogP contribution in [-0.4, -0.2) is 22.9 Å². The van der Waals surface area contributed by atoms with E-state index < -0.39 is 0 Å².